The second kappa shape index (κ2) is 3.96. The zero-order chi connectivity index (χ0) is 10.7. The highest BCUT2D eigenvalue weighted by Crippen LogP contribution is 2.12. The quantitative estimate of drug-likeness (QED) is 0.812. The first-order valence-corrected chi connectivity index (χ1v) is 4.54. The minimum atomic E-state index is -0.267. The smallest absolute Gasteiger partial charge is 0.291 e. The van der Waals surface area contributed by atoms with E-state index in [-0.39, 0.29) is 5.91 Å². The molecule has 0 aliphatic carbocycles. The Morgan fingerprint density at radius 1 is 1.40 bits per heavy atom. The average Bonchev–Trinajstić information content (AvgIpc) is 2.74. The van der Waals surface area contributed by atoms with Crippen molar-refractivity contribution >= 4 is 11.6 Å². The third-order valence-electron chi connectivity index (χ3n) is 2.00. The zero-order valence-corrected chi connectivity index (χ0v) is 8.23. The van der Waals surface area contributed by atoms with Gasteiger partial charge in [0.05, 0.1) is 17.6 Å². The molecule has 0 fully saturated rings. The molecule has 0 aliphatic rings. The van der Waals surface area contributed by atoms with Gasteiger partial charge in [0, 0.05) is 6.20 Å². The first kappa shape index (κ1) is 9.45. The predicted molar refractivity (Wildman–Crippen MR) is 55.6 cm³/mol. The lowest BCUT2D eigenvalue weighted by Gasteiger charge is -2.04. The van der Waals surface area contributed by atoms with Crippen LogP contribution in [0, 0.1) is 6.92 Å². The van der Waals surface area contributed by atoms with Crippen molar-refractivity contribution in [3.05, 3.63) is 48.2 Å². The Labute approximate surface area is 86.9 Å². The molecule has 1 N–H and O–H groups in total. The van der Waals surface area contributed by atoms with Crippen LogP contribution in [0.2, 0.25) is 0 Å². The van der Waals surface area contributed by atoms with E-state index in [1.165, 1.54) is 6.26 Å². The van der Waals surface area contributed by atoms with E-state index >= 15 is 0 Å². The highest BCUT2D eigenvalue weighted by atomic mass is 16.3. The number of aromatic nitrogens is 1. The number of nitrogens with one attached hydrogen (secondary N) is 1. The first-order valence-electron chi connectivity index (χ1n) is 4.54. The van der Waals surface area contributed by atoms with Gasteiger partial charge in [-0.15, -0.1) is 0 Å². The molecule has 2 rings (SSSR count). The van der Waals surface area contributed by atoms with Gasteiger partial charge in [-0.25, -0.2) is 0 Å². The molecule has 0 radical (unpaired) electrons. The summed E-state index contributed by atoms with van der Waals surface area (Å²) in [4.78, 5) is 15.7. The average molecular weight is 202 g/mol. The van der Waals surface area contributed by atoms with Crippen LogP contribution in [0.1, 0.15) is 16.2 Å². The molecule has 2 heterocycles. The Hall–Kier alpha value is -2.10. The highest BCUT2D eigenvalue weighted by molar-refractivity contribution is 6.02. The molecule has 1 amide bonds. The van der Waals surface area contributed by atoms with Gasteiger partial charge in [-0.1, -0.05) is 0 Å². The summed E-state index contributed by atoms with van der Waals surface area (Å²) < 4.78 is 4.97. The van der Waals surface area contributed by atoms with Crippen molar-refractivity contribution < 1.29 is 9.21 Å². The third-order valence-corrected chi connectivity index (χ3v) is 2.00. The van der Waals surface area contributed by atoms with Crippen LogP contribution in [0.15, 0.2) is 41.1 Å². The fourth-order valence-electron chi connectivity index (χ4n) is 1.21. The van der Waals surface area contributed by atoms with Gasteiger partial charge in [0.2, 0.25) is 0 Å². The van der Waals surface area contributed by atoms with E-state index in [0.717, 1.165) is 5.69 Å². The van der Waals surface area contributed by atoms with E-state index in [4.69, 9.17) is 4.42 Å². The lowest BCUT2D eigenvalue weighted by atomic mass is 10.3. The number of furan rings is 1. The summed E-state index contributed by atoms with van der Waals surface area (Å²) in [6, 6.07) is 6.85. The molecule has 0 atom stereocenters. The predicted octanol–water partition coefficient (Wildman–Crippen LogP) is 2.24. The van der Waals surface area contributed by atoms with E-state index in [2.05, 4.69) is 10.3 Å². The minimum Gasteiger partial charge on any atom is -0.459 e. The molecule has 2 aromatic heterocycles. The van der Waals surface area contributed by atoms with Crippen molar-refractivity contribution in [2.45, 2.75) is 6.92 Å². The Kier molecular flexibility index (Phi) is 2.49. The minimum absolute atomic E-state index is 0.267. The summed E-state index contributed by atoms with van der Waals surface area (Å²) in [5.74, 6) is 0.0225. The van der Waals surface area contributed by atoms with E-state index in [9.17, 15) is 4.79 Å². The van der Waals surface area contributed by atoms with Gasteiger partial charge in [-0.2, -0.15) is 0 Å². The third kappa shape index (κ3) is 2.04. The van der Waals surface area contributed by atoms with Gasteiger partial charge < -0.3 is 9.73 Å². The fourth-order valence-corrected chi connectivity index (χ4v) is 1.21. The molecular formula is C11H10N2O2. The molecule has 0 aromatic carbocycles. The van der Waals surface area contributed by atoms with E-state index in [0.29, 0.717) is 11.4 Å². The topological polar surface area (TPSA) is 55.1 Å². The lowest BCUT2D eigenvalue weighted by molar-refractivity contribution is 0.0996. The zero-order valence-electron chi connectivity index (χ0n) is 8.23. The number of carbonyl (C=O) groups excluding carboxylic acids is 1. The SMILES string of the molecule is Cc1ncccc1NC(=O)c1ccco1. The first-order chi connectivity index (χ1) is 7.27. The Balaban J connectivity index is 2.17. The number of nitrogens with zero attached hydrogens (tertiary/aromatic N) is 1. The van der Waals surface area contributed by atoms with Crippen LogP contribution in [-0.4, -0.2) is 10.9 Å². The maximum atomic E-state index is 11.6. The van der Waals surface area contributed by atoms with Crippen molar-refractivity contribution in [3.63, 3.8) is 0 Å². The summed E-state index contributed by atoms with van der Waals surface area (Å²) in [5.41, 5.74) is 1.47. The second-order valence-corrected chi connectivity index (χ2v) is 3.07. The molecule has 2 aromatic rings. The second-order valence-electron chi connectivity index (χ2n) is 3.07. The fraction of sp³-hybridized carbons (Fsp3) is 0.0909. The van der Waals surface area contributed by atoms with Crippen molar-refractivity contribution in [1.29, 1.82) is 0 Å². The number of pyridine rings is 1. The molecule has 4 heteroatoms. The van der Waals surface area contributed by atoms with Gasteiger partial charge in [0.25, 0.3) is 5.91 Å². The normalized spacial score (nSPS) is 9.93. The molecule has 76 valence electrons. The lowest BCUT2D eigenvalue weighted by Crippen LogP contribution is -2.12. The largest absolute Gasteiger partial charge is 0.459 e. The van der Waals surface area contributed by atoms with Gasteiger partial charge in [-0.3, -0.25) is 9.78 Å². The number of amides is 1. The number of anilines is 1. The van der Waals surface area contributed by atoms with Crippen LogP contribution in [0.4, 0.5) is 5.69 Å². The van der Waals surface area contributed by atoms with E-state index in [1.807, 2.05) is 6.92 Å². The van der Waals surface area contributed by atoms with Gasteiger partial charge in [0.15, 0.2) is 5.76 Å². The number of rotatable bonds is 2. The van der Waals surface area contributed by atoms with Crippen LogP contribution >= 0.6 is 0 Å². The van der Waals surface area contributed by atoms with Crippen LogP contribution in [-0.2, 0) is 0 Å². The number of hydrogen-bond donors (Lipinski definition) is 1. The molecule has 4 nitrogen and oxygen atoms in total. The maximum Gasteiger partial charge on any atom is 0.291 e. The Bertz CT molecular complexity index is 463. The molecular weight excluding hydrogens is 192 g/mol. The Morgan fingerprint density at radius 2 is 2.27 bits per heavy atom. The van der Waals surface area contributed by atoms with Gasteiger partial charge >= 0.3 is 0 Å². The molecule has 0 saturated heterocycles. The highest BCUT2D eigenvalue weighted by Gasteiger charge is 2.09. The summed E-state index contributed by atoms with van der Waals surface area (Å²) in [5, 5.41) is 2.72. The maximum absolute atomic E-state index is 11.6. The summed E-state index contributed by atoms with van der Waals surface area (Å²) in [6.45, 7) is 1.83. The van der Waals surface area contributed by atoms with Crippen molar-refractivity contribution in [1.82, 2.24) is 4.98 Å². The molecule has 0 aliphatic heterocycles. The van der Waals surface area contributed by atoms with Crippen molar-refractivity contribution in [2.75, 3.05) is 5.32 Å². The summed E-state index contributed by atoms with van der Waals surface area (Å²) in [6.07, 6.45) is 3.14. The monoisotopic (exact) mass is 202 g/mol. The molecule has 15 heavy (non-hydrogen) atoms. The summed E-state index contributed by atoms with van der Waals surface area (Å²) in [7, 11) is 0. The van der Waals surface area contributed by atoms with Gasteiger partial charge in [-0.05, 0) is 31.2 Å². The van der Waals surface area contributed by atoms with Crippen LogP contribution in [0.3, 0.4) is 0 Å². The number of hydrogen-bond acceptors (Lipinski definition) is 3. The summed E-state index contributed by atoms with van der Waals surface area (Å²) >= 11 is 0. The molecule has 0 bridgehead atoms. The van der Waals surface area contributed by atoms with E-state index < -0.39 is 0 Å². The molecule has 0 saturated carbocycles. The van der Waals surface area contributed by atoms with Crippen LogP contribution < -0.4 is 5.32 Å². The standard InChI is InChI=1S/C11H10N2O2/c1-8-9(4-2-6-12-8)13-11(14)10-5-3-7-15-10/h2-7H,1H3,(H,13,14). The van der Waals surface area contributed by atoms with Crippen LogP contribution in [0.5, 0.6) is 0 Å². The number of carbonyl (C=O) groups is 1. The van der Waals surface area contributed by atoms with Gasteiger partial charge in [0.1, 0.15) is 0 Å². The molecule has 0 spiro atoms. The van der Waals surface area contributed by atoms with E-state index in [1.54, 1.807) is 30.5 Å². The van der Waals surface area contributed by atoms with Crippen LogP contribution in [0.25, 0.3) is 0 Å². The Morgan fingerprint density at radius 3 is 2.93 bits per heavy atom. The molecule has 0 unspecified atom stereocenters. The van der Waals surface area contributed by atoms with Crippen molar-refractivity contribution in [3.8, 4) is 0 Å². The number of aryl methyl sites for hydroxylation is 1. The van der Waals surface area contributed by atoms with Crippen molar-refractivity contribution in [2.24, 2.45) is 0 Å².